The highest BCUT2D eigenvalue weighted by molar-refractivity contribution is 7.89. The van der Waals surface area contributed by atoms with Crippen LogP contribution < -0.4 is 9.64 Å². The highest BCUT2D eigenvalue weighted by Crippen LogP contribution is 2.24. The Hall–Kier alpha value is -3.04. The summed E-state index contributed by atoms with van der Waals surface area (Å²) < 4.78 is 46.4. The zero-order valence-electron chi connectivity index (χ0n) is 17.3. The molecular weight excluding hydrogens is 419 g/mol. The molecule has 2 heterocycles. The Bertz CT molecular complexity index is 1180. The summed E-state index contributed by atoms with van der Waals surface area (Å²) in [5.41, 5.74) is 1.78. The molecular formula is C22H23FN4O3S. The summed E-state index contributed by atoms with van der Waals surface area (Å²) in [7, 11) is -3.56. The van der Waals surface area contributed by atoms with E-state index in [9.17, 15) is 12.8 Å². The molecule has 0 saturated carbocycles. The van der Waals surface area contributed by atoms with Crippen molar-refractivity contribution in [2.45, 2.75) is 18.7 Å². The lowest BCUT2D eigenvalue weighted by molar-refractivity contribution is 0.381. The van der Waals surface area contributed by atoms with Crippen molar-refractivity contribution in [3.63, 3.8) is 0 Å². The highest BCUT2D eigenvalue weighted by atomic mass is 32.2. The second-order valence-corrected chi connectivity index (χ2v) is 9.32. The van der Waals surface area contributed by atoms with Crippen LogP contribution in [0.3, 0.4) is 0 Å². The summed E-state index contributed by atoms with van der Waals surface area (Å²) in [5, 5.41) is 0. The Morgan fingerprint density at radius 1 is 0.968 bits per heavy atom. The lowest BCUT2D eigenvalue weighted by Crippen LogP contribution is -2.49. The molecule has 1 aliphatic heterocycles. The van der Waals surface area contributed by atoms with Crippen molar-refractivity contribution in [3.05, 3.63) is 71.7 Å². The number of halogens is 1. The van der Waals surface area contributed by atoms with E-state index in [2.05, 4.69) is 9.97 Å². The first-order chi connectivity index (χ1) is 14.8. The van der Waals surface area contributed by atoms with E-state index in [1.807, 2.05) is 30.9 Å². The lowest BCUT2D eigenvalue weighted by Gasteiger charge is -2.34. The monoisotopic (exact) mass is 442 g/mol. The third kappa shape index (κ3) is 4.67. The Labute approximate surface area is 181 Å². The molecule has 9 heteroatoms. The minimum atomic E-state index is -3.56. The third-order valence-corrected chi connectivity index (χ3v) is 7.18. The zero-order chi connectivity index (χ0) is 22.0. The molecule has 0 bridgehead atoms. The average molecular weight is 443 g/mol. The molecule has 0 N–H and O–H groups in total. The number of benzene rings is 2. The molecule has 0 aliphatic carbocycles. The largest absolute Gasteiger partial charge is 0.439 e. The van der Waals surface area contributed by atoms with E-state index in [0.717, 1.165) is 11.1 Å². The summed E-state index contributed by atoms with van der Waals surface area (Å²) in [5.74, 6) is 0.921. The molecule has 0 radical (unpaired) electrons. The number of aromatic nitrogens is 2. The quantitative estimate of drug-likeness (QED) is 0.602. The van der Waals surface area contributed by atoms with Crippen LogP contribution in [0.25, 0.3) is 0 Å². The maximum absolute atomic E-state index is 13.1. The SMILES string of the molecule is Cc1ccc(S(=O)(=O)N2CCN(c3nccc(Oc4ccc(F)cc4)n3)CC2)c(C)c1. The highest BCUT2D eigenvalue weighted by Gasteiger charge is 2.30. The summed E-state index contributed by atoms with van der Waals surface area (Å²) >= 11 is 0. The Morgan fingerprint density at radius 3 is 2.35 bits per heavy atom. The number of nitrogens with zero attached hydrogens (tertiary/aromatic N) is 4. The fourth-order valence-electron chi connectivity index (χ4n) is 3.52. The maximum atomic E-state index is 13.1. The molecule has 4 rings (SSSR count). The van der Waals surface area contributed by atoms with E-state index in [0.29, 0.717) is 48.7 Å². The van der Waals surface area contributed by atoms with Crippen LogP contribution >= 0.6 is 0 Å². The van der Waals surface area contributed by atoms with Crippen molar-refractivity contribution in [2.24, 2.45) is 0 Å². The summed E-state index contributed by atoms with van der Waals surface area (Å²) in [4.78, 5) is 11.0. The van der Waals surface area contributed by atoms with Gasteiger partial charge in [0.25, 0.3) is 0 Å². The number of sulfonamides is 1. The minimum Gasteiger partial charge on any atom is -0.439 e. The molecule has 0 amide bonds. The first-order valence-corrected chi connectivity index (χ1v) is 11.4. The molecule has 1 fully saturated rings. The van der Waals surface area contributed by atoms with Gasteiger partial charge in [-0.25, -0.2) is 17.8 Å². The van der Waals surface area contributed by atoms with Crippen LogP contribution in [-0.4, -0.2) is 48.9 Å². The topological polar surface area (TPSA) is 75.6 Å². The van der Waals surface area contributed by atoms with E-state index in [4.69, 9.17) is 4.74 Å². The summed E-state index contributed by atoms with van der Waals surface area (Å²) in [6, 6.07) is 12.7. The maximum Gasteiger partial charge on any atom is 0.243 e. The molecule has 0 atom stereocenters. The number of anilines is 1. The number of hydrogen-bond acceptors (Lipinski definition) is 6. The van der Waals surface area contributed by atoms with E-state index in [1.54, 1.807) is 18.3 Å². The second kappa shape index (κ2) is 8.60. The van der Waals surface area contributed by atoms with Crippen molar-refractivity contribution in [2.75, 3.05) is 31.1 Å². The van der Waals surface area contributed by atoms with Crippen LogP contribution in [0, 0.1) is 19.7 Å². The average Bonchev–Trinajstić information content (AvgIpc) is 2.75. The predicted octanol–water partition coefficient (Wildman–Crippen LogP) is 3.54. The number of rotatable bonds is 5. The molecule has 31 heavy (non-hydrogen) atoms. The van der Waals surface area contributed by atoms with E-state index in [1.165, 1.54) is 28.6 Å². The van der Waals surface area contributed by atoms with Gasteiger partial charge in [-0.15, -0.1) is 0 Å². The molecule has 1 aliphatic rings. The first kappa shape index (κ1) is 21.2. The van der Waals surface area contributed by atoms with Crippen molar-refractivity contribution >= 4 is 16.0 Å². The van der Waals surface area contributed by atoms with E-state index >= 15 is 0 Å². The minimum absolute atomic E-state index is 0.335. The van der Waals surface area contributed by atoms with Gasteiger partial charge in [0.2, 0.25) is 21.9 Å². The number of ether oxygens (including phenoxy) is 1. The number of hydrogen-bond donors (Lipinski definition) is 0. The molecule has 1 aromatic heterocycles. The van der Waals surface area contributed by atoms with Gasteiger partial charge < -0.3 is 9.64 Å². The Morgan fingerprint density at radius 2 is 1.68 bits per heavy atom. The first-order valence-electron chi connectivity index (χ1n) is 9.92. The Balaban J connectivity index is 1.44. The van der Waals surface area contributed by atoms with Crippen LogP contribution in [0.1, 0.15) is 11.1 Å². The van der Waals surface area contributed by atoms with Gasteiger partial charge in [0.1, 0.15) is 11.6 Å². The van der Waals surface area contributed by atoms with E-state index < -0.39 is 10.0 Å². The Kier molecular flexibility index (Phi) is 5.88. The lowest BCUT2D eigenvalue weighted by atomic mass is 10.2. The van der Waals surface area contributed by atoms with Crippen LogP contribution in [-0.2, 0) is 10.0 Å². The van der Waals surface area contributed by atoms with Gasteiger partial charge in [0.15, 0.2) is 0 Å². The second-order valence-electron chi connectivity index (χ2n) is 7.41. The molecule has 1 saturated heterocycles. The van der Waals surface area contributed by atoms with Gasteiger partial charge in [-0.3, -0.25) is 0 Å². The van der Waals surface area contributed by atoms with Crippen molar-refractivity contribution in [1.29, 1.82) is 0 Å². The normalized spacial score (nSPS) is 15.1. The summed E-state index contributed by atoms with van der Waals surface area (Å²) in [6.07, 6.45) is 1.58. The molecule has 162 valence electrons. The molecule has 7 nitrogen and oxygen atoms in total. The van der Waals surface area contributed by atoms with Crippen molar-refractivity contribution < 1.29 is 17.5 Å². The van der Waals surface area contributed by atoms with Crippen LogP contribution in [0.4, 0.5) is 10.3 Å². The van der Waals surface area contributed by atoms with Crippen LogP contribution in [0.5, 0.6) is 11.6 Å². The fraction of sp³-hybridized carbons (Fsp3) is 0.273. The van der Waals surface area contributed by atoms with Crippen LogP contribution in [0.15, 0.2) is 59.6 Å². The standard InChI is InChI=1S/C22H23FN4O3S/c1-16-3-8-20(17(2)15-16)31(28,29)27-13-11-26(12-14-27)22-24-10-9-21(25-22)30-19-6-4-18(23)5-7-19/h3-10,15H,11-14H2,1-2H3. The van der Waals surface area contributed by atoms with Crippen molar-refractivity contribution in [3.8, 4) is 11.6 Å². The predicted molar refractivity (Wildman–Crippen MR) is 115 cm³/mol. The molecule has 3 aromatic rings. The zero-order valence-corrected chi connectivity index (χ0v) is 18.1. The smallest absolute Gasteiger partial charge is 0.243 e. The number of piperazine rings is 1. The summed E-state index contributed by atoms with van der Waals surface area (Å²) in [6.45, 7) is 5.35. The van der Waals surface area contributed by atoms with Gasteiger partial charge in [0, 0.05) is 38.4 Å². The van der Waals surface area contributed by atoms with Gasteiger partial charge in [-0.05, 0) is 49.7 Å². The van der Waals surface area contributed by atoms with Crippen LogP contribution in [0.2, 0.25) is 0 Å². The third-order valence-electron chi connectivity index (χ3n) is 5.12. The van der Waals surface area contributed by atoms with Crippen molar-refractivity contribution in [1.82, 2.24) is 14.3 Å². The fourth-order valence-corrected chi connectivity index (χ4v) is 5.15. The van der Waals surface area contributed by atoms with Gasteiger partial charge in [-0.1, -0.05) is 17.7 Å². The van der Waals surface area contributed by atoms with E-state index in [-0.39, 0.29) is 5.82 Å². The molecule has 0 spiro atoms. The van der Waals surface area contributed by atoms with Gasteiger partial charge in [-0.2, -0.15) is 9.29 Å². The van der Waals surface area contributed by atoms with Gasteiger partial charge >= 0.3 is 0 Å². The molecule has 2 aromatic carbocycles. The molecule has 0 unspecified atom stereocenters. The number of aryl methyl sites for hydroxylation is 2. The van der Waals surface area contributed by atoms with Gasteiger partial charge in [0.05, 0.1) is 4.90 Å².